The monoisotopic (exact) mass is 297 g/mol. The molecule has 1 saturated heterocycles. The number of ether oxygens (including phenoxy) is 1. The third kappa shape index (κ3) is 3.37. The van der Waals surface area contributed by atoms with Crippen molar-refractivity contribution >= 4 is 17.5 Å². The molecule has 1 aliphatic rings. The van der Waals surface area contributed by atoms with E-state index in [1.54, 1.807) is 11.8 Å². The molecule has 0 aliphatic carbocycles. The second kappa shape index (κ2) is 6.64. The topological polar surface area (TPSA) is 114 Å². The summed E-state index contributed by atoms with van der Waals surface area (Å²) in [5.41, 5.74) is 0.211. The molecule has 0 saturated carbocycles. The van der Waals surface area contributed by atoms with Crippen molar-refractivity contribution in [2.24, 2.45) is 0 Å². The van der Waals surface area contributed by atoms with E-state index in [-0.39, 0.29) is 24.2 Å². The molecule has 21 heavy (non-hydrogen) atoms. The van der Waals surface area contributed by atoms with Gasteiger partial charge < -0.3 is 20.1 Å². The number of anilines is 2. The first-order chi connectivity index (χ1) is 10.1. The summed E-state index contributed by atoms with van der Waals surface area (Å²) in [6.07, 6.45) is -0.365. The minimum Gasteiger partial charge on any atom is -0.394 e. The fourth-order valence-corrected chi connectivity index (χ4v) is 2.25. The molecule has 1 fully saturated rings. The Labute approximate surface area is 122 Å². The zero-order valence-electron chi connectivity index (χ0n) is 12.1. The molecule has 2 N–H and O–H groups in total. The zero-order chi connectivity index (χ0) is 15.4. The van der Waals surface area contributed by atoms with Crippen LogP contribution in [0, 0.1) is 17.0 Å². The molecule has 0 radical (unpaired) electrons. The Morgan fingerprint density at radius 3 is 2.95 bits per heavy atom. The van der Waals surface area contributed by atoms with E-state index in [1.165, 1.54) is 0 Å². The van der Waals surface area contributed by atoms with Crippen molar-refractivity contribution in [3.63, 3.8) is 0 Å². The average Bonchev–Trinajstić information content (AvgIpc) is 2.46. The van der Waals surface area contributed by atoms with Gasteiger partial charge in [0.1, 0.15) is 5.69 Å². The Bertz CT molecular complexity index is 525. The van der Waals surface area contributed by atoms with Gasteiger partial charge in [-0.05, 0) is 13.8 Å². The van der Waals surface area contributed by atoms with Crippen LogP contribution >= 0.6 is 0 Å². The highest BCUT2D eigenvalue weighted by Crippen LogP contribution is 2.30. The van der Waals surface area contributed by atoms with E-state index in [0.29, 0.717) is 37.9 Å². The van der Waals surface area contributed by atoms with E-state index in [4.69, 9.17) is 4.74 Å². The van der Waals surface area contributed by atoms with Gasteiger partial charge in [0.15, 0.2) is 0 Å². The smallest absolute Gasteiger partial charge is 0.332 e. The summed E-state index contributed by atoms with van der Waals surface area (Å²) in [7, 11) is 0. The highest BCUT2D eigenvalue weighted by Gasteiger charge is 2.30. The first-order valence-corrected chi connectivity index (χ1v) is 6.81. The van der Waals surface area contributed by atoms with Crippen molar-refractivity contribution in [2.75, 3.05) is 43.1 Å². The number of aryl methyl sites for hydroxylation is 1. The van der Waals surface area contributed by atoms with Crippen LogP contribution in [0.1, 0.15) is 12.6 Å². The summed E-state index contributed by atoms with van der Waals surface area (Å²) in [4.78, 5) is 21.0. The molecule has 0 aromatic carbocycles. The predicted molar refractivity (Wildman–Crippen MR) is 76.6 cm³/mol. The molecule has 116 valence electrons. The largest absolute Gasteiger partial charge is 0.394 e. The van der Waals surface area contributed by atoms with Crippen molar-refractivity contribution in [2.45, 2.75) is 20.0 Å². The van der Waals surface area contributed by atoms with E-state index in [1.807, 2.05) is 6.92 Å². The van der Waals surface area contributed by atoms with Gasteiger partial charge in [0.05, 0.1) is 24.2 Å². The lowest BCUT2D eigenvalue weighted by atomic mass is 10.2. The molecule has 9 heteroatoms. The number of morpholine rings is 1. The predicted octanol–water partition coefficient (Wildman–Crippen LogP) is 0.323. The van der Waals surface area contributed by atoms with Crippen LogP contribution in [-0.4, -0.2) is 58.9 Å². The molecule has 9 nitrogen and oxygen atoms in total. The van der Waals surface area contributed by atoms with E-state index in [9.17, 15) is 15.2 Å². The normalized spacial score (nSPS) is 18.6. The maximum atomic E-state index is 11.3. The molecule has 1 aliphatic heterocycles. The van der Waals surface area contributed by atoms with Crippen molar-refractivity contribution < 1.29 is 14.8 Å². The second-order valence-electron chi connectivity index (χ2n) is 4.71. The minimum absolute atomic E-state index is 0.102. The third-order valence-corrected chi connectivity index (χ3v) is 3.20. The summed E-state index contributed by atoms with van der Waals surface area (Å²) >= 11 is 0. The molecular formula is C12H19N5O4. The number of hydrogen-bond donors (Lipinski definition) is 2. The van der Waals surface area contributed by atoms with Gasteiger partial charge in [-0.3, -0.25) is 10.1 Å². The molecule has 0 bridgehead atoms. The highest BCUT2D eigenvalue weighted by molar-refractivity contribution is 5.62. The zero-order valence-corrected chi connectivity index (χ0v) is 12.1. The van der Waals surface area contributed by atoms with Crippen LogP contribution in [0.25, 0.3) is 0 Å². The SMILES string of the molecule is CCNc1nc(C)c([N+](=O)[O-])c(N2CCOC(CO)C2)n1. The van der Waals surface area contributed by atoms with Crippen molar-refractivity contribution in [1.82, 2.24) is 9.97 Å². The lowest BCUT2D eigenvalue weighted by Gasteiger charge is -2.32. The van der Waals surface area contributed by atoms with Crippen LogP contribution in [0.5, 0.6) is 0 Å². The summed E-state index contributed by atoms with van der Waals surface area (Å²) in [6.45, 7) is 5.22. The highest BCUT2D eigenvalue weighted by atomic mass is 16.6. The standard InChI is InChI=1S/C12H19N5O4/c1-3-13-12-14-8(2)10(17(19)20)11(15-12)16-4-5-21-9(6-16)7-18/h9,18H,3-7H2,1-2H3,(H,13,14,15). The van der Waals surface area contributed by atoms with Crippen molar-refractivity contribution in [3.8, 4) is 0 Å². The van der Waals surface area contributed by atoms with Crippen LogP contribution in [0.2, 0.25) is 0 Å². The Kier molecular flexibility index (Phi) is 4.86. The number of aliphatic hydroxyl groups excluding tert-OH is 1. The number of nitro groups is 1. The molecule has 1 atom stereocenters. The Balaban J connectivity index is 2.41. The lowest BCUT2D eigenvalue weighted by molar-refractivity contribution is -0.385. The number of hydrogen-bond acceptors (Lipinski definition) is 8. The maximum Gasteiger partial charge on any atom is 0.332 e. The van der Waals surface area contributed by atoms with Gasteiger partial charge >= 0.3 is 5.69 Å². The maximum absolute atomic E-state index is 11.3. The van der Waals surface area contributed by atoms with Crippen LogP contribution in [0.15, 0.2) is 0 Å². The van der Waals surface area contributed by atoms with Crippen LogP contribution < -0.4 is 10.2 Å². The molecule has 1 aromatic heterocycles. The van der Waals surface area contributed by atoms with Crippen LogP contribution in [-0.2, 0) is 4.74 Å². The third-order valence-electron chi connectivity index (χ3n) is 3.20. The van der Waals surface area contributed by atoms with Gasteiger partial charge in [0.2, 0.25) is 11.8 Å². The first kappa shape index (κ1) is 15.4. The summed E-state index contributed by atoms with van der Waals surface area (Å²) in [5, 5.41) is 23.5. The molecule has 1 unspecified atom stereocenters. The molecule has 0 spiro atoms. The van der Waals surface area contributed by atoms with Gasteiger partial charge in [-0.25, -0.2) is 4.98 Å². The Morgan fingerprint density at radius 2 is 2.33 bits per heavy atom. The van der Waals surface area contributed by atoms with E-state index in [0.717, 1.165) is 0 Å². The van der Waals surface area contributed by atoms with Gasteiger partial charge in [-0.15, -0.1) is 0 Å². The molecular weight excluding hydrogens is 278 g/mol. The van der Waals surface area contributed by atoms with Gasteiger partial charge in [-0.1, -0.05) is 0 Å². The Morgan fingerprint density at radius 1 is 1.57 bits per heavy atom. The fourth-order valence-electron chi connectivity index (χ4n) is 2.25. The number of rotatable bonds is 5. The number of nitrogens with one attached hydrogen (secondary N) is 1. The fraction of sp³-hybridized carbons (Fsp3) is 0.667. The minimum atomic E-state index is -0.468. The summed E-state index contributed by atoms with van der Waals surface area (Å²) < 4.78 is 5.37. The van der Waals surface area contributed by atoms with Crippen molar-refractivity contribution in [3.05, 3.63) is 15.8 Å². The molecule has 2 heterocycles. The number of aromatic nitrogens is 2. The van der Waals surface area contributed by atoms with E-state index >= 15 is 0 Å². The van der Waals surface area contributed by atoms with E-state index < -0.39 is 4.92 Å². The van der Waals surface area contributed by atoms with Gasteiger partial charge in [0, 0.05) is 19.6 Å². The molecule has 0 amide bonds. The number of nitrogens with zero attached hydrogens (tertiary/aromatic N) is 4. The van der Waals surface area contributed by atoms with Crippen LogP contribution in [0.4, 0.5) is 17.5 Å². The first-order valence-electron chi connectivity index (χ1n) is 6.81. The van der Waals surface area contributed by atoms with E-state index in [2.05, 4.69) is 15.3 Å². The summed E-state index contributed by atoms with van der Waals surface area (Å²) in [6, 6.07) is 0. The van der Waals surface area contributed by atoms with Gasteiger partial charge in [0.25, 0.3) is 0 Å². The molecule has 1 aromatic rings. The number of aliphatic hydroxyl groups is 1. The van der Waals surface area contributed by atoms with Gasteiger partial charge in [-0.2, -0.15) is 4.98 Å². The van der Waals surface area contributed by atoms with Crippen molar-refractivity contribution in [1.29, 1.82) is 0 Å². The van der Waals surface area contributed by atoms with Crippen LogP contribution in [0.3, 0.4) is 0 Å². The summed E-state index contributed by atoms with van der Waals surface area (Å²) in [5.74, 6) is 0.632. The lowest BCUT2D eigenvalue weighted by Crippen LogP contribution is -2.44. The average molecular weight is 297 g/mol. The quantitative estimate of drug-likeness (QED) is 0.590. The molecule has 2 rings (SSSR count). The Hall–Kier alpha value is -2.00. The second-order valence-corrected chi connectivity index (χ2v) is 4.71.